The fourth-order valence-corrected chi connectivity index (χ4v) is 2.61. The largest absolute Gasteiger partial charge is 0.368 e. The van der Waals surface area contributed by atoms with Crippen molar-refractivity contribution in [2.24, 2.45) is 11.5 Å². The number of nitrogens with one attached hydrogen (secondary N) is 2. The van der Waals surface area contributed by atoms with Gasteiger partial charge in [0.2, 0.25) is 17.6 Å². The highest BCUT2D eigenvalue weighted by molar-refractivity contribution is 7.98. The molecule has 3 amide bonds. The van der Waals surface area contributed by atoms with Gasteiger partial charge in [0.1, 0.15) is 12.1 Å². The molecule has 6 N–H and O–H groups in total. The van der Waals surface area contributed by atoms with E-state index >= 15 is 0 Å². The second-order valence-electron chi connectivity index (χ2n) is 5.77. The molecule has 1 aromatic rings. The molecule has 0 aromatic heterocycles. The van der Waals surface area contributed by atoms with Crippen LogP contribution in [0.2, 0.25) is 0 Å². The average Bonchev–Trinajstić information content (AvgIpc) is 2.69. The molecule has 0 heterocycles. The molecule has 9 heteroatoms. The van der Waals surface area contributed by atoms with Crippen molar-refractivity contribution in [3.63, 3.8) is 0 Å². The SMILES string of the molecule is CC.CSCC(N)C(=O)C(=O)NC(Cc1ccccc1)C(=O)NC(C)C(N)=O. The highest BCUT2D eigenvalue weighted by atomic mass is 32.2. The van der Waals surface area contributed by atoms with Gasteiger partial charge in [0, 0.05) is 12.2 Å². The van der Waals surface area contributed by atoms with Gasteiger partial charge in [-0.15, -0.1) is 0 Å². The molecule has 1 aromatic carbocycles. The fraction of sp³-hybridized carbons (Fsp3) is 0.474. The number of benzene rings is 1. The van der Waals surface area contributed by atoms with Gasteiger partial charge < -0.3 is 22.1 Å². The summed E-state index contributed by atoms with van der Waals surface area (Å²) in [6.45, 7) is 5.43. The number of primary amides is 1. The van der Waals surface area contributed by atoms with Crippen LogP contribution in [-0.4, -0.2) is 53.6 Å². The summed E-state index contributed by atoms with van der Waals surface area (Å²) >= 11 is 1.34. The van der Waals surface area contributed by atoms with Gasteiger partial charge in [0.25, 0.3) is 5.91 Å². The van der Waals surface area contributed by atoms with Crippen LogP contribution in [0.5, 0.6) is 0 Å². The molecule has 0 aliphatic carbocycles. The molecule has 156 valence electrons. The van der Waals surface area contributed by atoms with E-state index in [2.05, 4.69) is 10.6 Å². The molecular formula is C19H30N4O4S. The smallest absolute Gasteiger partial charge is 0.289 e. The van der Waals surface area contributed by atoms with E-state index in [1.165, 1.54) is 18.7 Å². The fourth-order valence-electron chi connectivity index (χ4n) is 2.10. The Kier molecular flexibility index (Phi) is 12.6. The number of rotatable bonds is 10. The van der Waals surface area contributed by atoms with Crippen LogP contribution in [0, 0.1) is 0 Å². The first-order valence-corrected chi connectivity index (χ1v) is 10.4. The lowest BCUT2D eigenvalue weighted by Gasteiger charge is -2.21. The molecule has 1 rings (SSSR count). The maximum atomic E-state index is 12.4. The second-order valence-corrected chi connectivity index (χ2v) is 6.69. The lowest BCUT2D eigenvalue weighted by atomic mass is 10.0. The van der Waals surface area contributed by atoms with Crippen LogP contribution in [0.3, 0.4) is 0 Å². The third-order valence-corrected chi connectivity index (χ3v) is 4.29. The standard InChI is InChI=1S/C17H24N4O4S.C2H6/c1-10(15(19)23)20-16(24)13(8-11-6-4-3-5-7-11)21-17(25)14(22)12(18)9-26-2;1-2/h3-7,10,12-13H,8-9,18H2,1-2H3,(H2,19,23)(H,20,24)(H,21,25);1-2H3. The van der Waals surface area contributed by atoms with E-state index in [1.54, 1.807) is 30.5 Å². The minimum Gasteiger partial charge on any atom is -0.368 e. The van der Waals surface area contributed by atoms with E-state index in [0.717, 1.165) is 5.56 Å². The molecular weight excluding hydrogens is 380 g/mol. The average molecular weight is 411 g/mol. The number of carbonyl (C=O) groups excluding carboxylic acids is 4. The number of hydrogen-bond acceptors (Lipinski definition) is 6. The van der Waals surface area contributed by atoms with Gasteiger partial charge in [-0.25, -0.2) is 0 Å². The van der Waals surface area contributed by atoms with Crippen molar-refractivity contribution in [2.45, 2.75) is 45.3 Å². The first kappa shape index (κ1) is 25.6. The monoisotopic (exact) mass is 410 g/mol. The molecule has 0 aliphatic rings. The normalized spacial score (nSPS) is 13.2. The van der Waals surface area contributed by atoms with E-state index in [4.69, 9.17) is 11.5 Å². The summed E-state index contributed by atoms with van der Waals surface area (Å²) in [5, 5.41) is 4.83. The van der Waals surface area contributed by atoms with Gasteiger partial charge in [0.05, 0.1) is 6.04 Å². The minimum atomic E-state index is -1.04. The molecule has 0 spiro atoms. The van der Waals surface area contributed by atoms with Crippen LogP contribution in [-0.2, 0) is 25.6 Å². The van der Waals surface area contributed by atoms with E-state index in [0.29, 0.717) is 5.75 Å². The number of hydrogen-bond donors (Lipinski definition) is 4. The number of nitrogens with two attached hydrogens (primary N) is 2. The maximum Gasteiger partial charge on any atom is 0.289 e. The van der Waals surface area contributed by atoms with Crippen molar-refractivity contribution in [1.29, 1.82) is 0 Å². The molecule has 0 saturated heterocycles. The number of thioether (sulfide) groups is 1. The zero-order valence-electron chi connectivity index (χ0n) is 16.7. The number of Topliss-reactive ketones (excluding diaryl/α,β-unsaturated/α-hetero) is 1. The summed E-state index contributed by atoms with van der Waals surface area (Å²) < 4.78 is 0. The lowest BCUT2D eigenvalue weighted by Crippen LogP contribution is -2.55. The van der Waals surface area contributed by atoms with Crippen molar-refractivity contribution < 1.29 is 19.2 Å². The summed E-state index contributed by atoms with van der Waals surface area (Å²) in [5.41, 5.74) is 11.6. The molecule has 28 heavy (non-hydrogen) atoms. The summed E-state index contributed by atoms with van der Waals surface area (Å²) in [7, 11) is 0. The minimum absolute atomic E-state index is 0.148. The van der Waals surface area contributed by atoms with Gasteiger partial charge in [-0.1, -0.05) is 44.2 Å². The summed E-state index contributed by atoms with van der Waals surface area (Å²) in [6, 6.07) is 6.06. The first-order valence-electron chi connectivity index (χ1n) is 8.99. The summed E-state index contributed by atoms with van der Waals surface area (Å²) in [6.07, 6.45) is 1.91. The van der Waals surface area contributed by atoms with Crippen molar-refractivity contribution in [3.05, 3.63) is 35.9 Å². The van der Waals surface area contributed by atoms with Crippen LogP contribution in [0.4, 0.5) is 0 Å². The summed E-state index contributed by atoms with van der Waals surface area (Å²) in [5.74, 6) is -2.76. The molecule has 0 bridgehead atoms. The number of carbonyl (C=O) groups is 4. The number of amides is 3. The Labute approximate surface area is 170 Å². The van der Waals surface area contributed by atoms with Crippen molar-refractivity contribution in [3.8, 4) is 0 Å². The van der Waals surface area contributed by atoms with E-state index < -0.39 is 41.6 Å². The van der Waals surface area contributed by atoms with Crippen LogP contribution in [0.25, 0.3) is 0 Å². The van der Waals surface area contributed by atoms with Crippen molar-refractivity contribution in [2.75, 3.05) is 12.0 Å². The Bertz CT molecular complexity index is 655. The Hall–Kier alpha value is -2.39. The van der Waals surface area contributed by atoms with Gasteiger partial charge in [-0.2, -0.15) is 11.8 Å². The topological polar surface area (TPSA) is 144 Å². The lowest BCUT2D eigenvalue weighted by molar-refractivity contribution is -0.140. The Balaban J connectivity index is 0.00000352. The Morgan fingerprint density at radius 2 is 1.64 bits per heavy atom. The quantitative estimate of drug-likeness (QED) is 0.399. The van der Waals surface area contributed by atoms with Gasteiger partial charge >= 0.3 is 0 Å². The summed E-state index contributed by atoms with van der Waals surface area (Å²) in [4.78, 5) is 47.8. The third kappa shape index (κ3) is 9.01. The molecule has 3 atom stereocenters. The molecule has 0 saturated carbocycles. The molecule has 0 radical (unpaired) electrons. The van der Waals surface area contributed by atoms with E-state index in [9.17, 15) is 19.2 Å². The maximum absolute atomic E-state index is 12.4. The predicted molar refractivity (Wildman–Crippen MR) is 112 cm³/mol. The number of ketones is 1. The Morgan fingerprint density at radius 1 is 1.07 bits per heavy atom. The zero-order chi connectivity index (χ0) is 21.7. The van der Waals surface area contributed by atoms with Crippen LogP contribution < -0.4 is 22.1 Å². The van der Waals surface area contributed by atoms with Crippen LogP contribution in [0.15, 0.2) is 30.3 Å². The van der Waals surface area contributed by atoms with E-state index in [1.807, 2.05) is 19.9 Å². The van der Waals surface area contributed by atoms with Crippen LogP contribution >= 0.6 is 11.8 Å². The molecule has 0 aliphatic heterocycles. The van der Waals surface area contributed by atoms with Gasteiger partial charge in [-0.05, 0) is 18.7 Å². The van der Waals surface area contributed by atoms with E-state index in [-0.39, 0.29) is 6.42 Å². The first-order chi connectivity index (χ1) is 13.3. The van der Waals surface area contributed by atoms with Gasteiger partial charge in [-0.3, -0.25) is 19.2 Å². The Morgan fingerprint density at radius 3 is 2.14 bits per heavy atom. The zero-order valence-corrected chi connectivity index (χ0v) is 17.5. The highest BCUT2D eigenvalue weighted by Crippen LogP contribution is 2.05. The molecule has 3 unspecified atom stereocenters. The second kappa shape index (κ2) is 13.7. The molecule has 8 nitrogen and oxygen atoms in total. The highest BCUT2D eigenvalue weighted by Gasteiger charge is 2.28. The molecule has 0 fully saturated rings. The van der Waals surface area contributed by atoms with Crippen LogP contribution in [0.1, 0.15) is 26.3 Å². The van der Waals surface area contributed by atoms with Crippen molar-refractivity contribution in [1.82, 2.24) is 10.6 Å². The predicted octanol–water partition coefficient (Wildman–Crippen LogP) is -0.0105. The van der Waals surface area contributed by atoms with Gasteiger partial charge in [0.15, 0.2) is 0 Å². The third-order valence-electron chi connectivity index (χ3n) is 3.60. The van der Waals surface area contributed by atoms with Crippen molar-refractivity contribution >= 4 is 35.3 Å².